The van der Waals surface area contributed by atoms with Gasteiger partial charge in [-0.15, -0.1) is 11.3 Å². The summed E-state index contributed by atoms with van der Waals surface area (Å²) < 4.78 is 0. The van der Waals surface area contributed by atoms with Gasteiger partial charge >= 0.3 is 0 Å². The van der Waals surface area contributed by atoms with Gasteiger partial charge in [-0.25, -0.2) is 4.98 Å². The van der Waals surface area contributed by atoms with Crippen LogP contribution in [0.3, 0.4) is 0 Å². The molecule has 3 heteroatoms. The van der Waals surface area contributed by atoms with Crippen LogP contribution in [0.2, 0.25) is 0 Å². The van der Waals surface area contributed by atoms with E-state index in [1.54, 1.807) is 0 Å². The number of nitrogens with zero attached hydrogens (tertiary/aromatic N) is 1. The van der Waals surface area contributed by atoms with Gasteiger partial charge in [0.2, 0.25) is 0 Å². The Kier molecular flexibility index (Phi) is 3.95. The Labute approximate surface area is 118 Å². The summed E-state index contributed by atoms with van der Waals surface area (Å²) >= 11 is 1.89. The molecule has 1 saturated carbocycles. The predicted octanol–water partition coefficient (Wildman–Crippen LogP) is 3.87. The fourth-order valence-corrected chi connectivity index (χ4v) is 3.41. The topological polar surface area (TPSA) is 24.9 Å². The van der Waals surface area contributed by atoms with E-state index in [9.17, 15) is 0 Å². The Balaban J connectivity index is 1.88. The Morgan fingerprint density at radius 3 is 2.74 bits per heavy atom. The number of nitrogens with one attached hydrogen (secondary N) is 1. The second kappa shape index (κ2) is 5.85. The highest BCUT2D eigenvalue weighted by molar-refractivity contribution is 7.12. The number of hydrogen-bond donors (Lipinski definition) is 1. The van der Waals surface area contributed by atoms with E-state index in [1.807, 2.05) is 11.3 Å². The van der Waals surface area contributed by atoms with Crippen LogP contribution in [0.25, 0.3) is 11.3 Å². The van der Waals surface area contributed by atoms with Gasteiger partial charge in [0.1, 0.15) is 0 Å². The first-order valence-corrected chi connectivity index (χ1v) is 7.93. The fraction of sp³-hybridized carbons (Fsp3) is 0.438. The van der Waals surface area contributed by atoms with Gasteiger partial charge in [0.05, 0.1) is 10.7 Å². The maximum Gasteiger partial charge on any atom is 0.0938 e. The predicted molar refractivity (Wildman–Crippen MR) is 81.4 cm³/mol. The summed E-state index contributed by atoms with van der Waals surface area (Å²) in [7, 11) is 0. The van der Waals surface area contributed by atoms with E-state index in [1.165, 1.54) is 40.4 Å². The van der Waals surface area contributed by atoms with Crippen LogP contribution in [0.15, 0.2) is 30.3 Å². The van der Waals surface area contributed by atoms with Crippen molar-refractivity contribution in [2.75, 3.05) is 6.54 Å². The maximum absolute atomic E-state index is 4.89. The van der Waals surface area contributed by atoms with Crippen molar-refractivity contribution in [3.63, 3.8) is 0 Å². The number of hydrogen-bond acceptors (Lipinski definition) is 3. The molecular formula is C16H20N2S. The minimum absolute atomic E-state index is 0.904. The molecule has 0 aliphatic heterocycles. The van der Waals surface area contributed by atoms with Crippen LogP contribution in [0.5, 0.6) is 0 Å². The van der Waals surface area contributed by atoms with Gasteiger partial charge in [-0.2, -0.15) is 0 Å². The lowest BCUT2D eigenvalue weighted by molar-refractivity contribution is 0.735. The Morgan fingerprint density at radius 2 is 2.05 bits per heavy atom. The van der Waals surface area contributed by atoms with Crippen LogP contribution in [-0.2, 0) is 13.0 Å². The van der Waals surface area contributed by atoms with Crippen molar-refractivity contribution in [3.8, 4) is 11.3 Å². The van der Waals surface area contributed by atoms with E-state index in [2.05, 4.69) is 42.6 Å². The summed E-state index contributed by atoms with van der Waals surface area (Å²) in [6, 6.07) is 10.6. The van der Waals surface area contributed by atoms with Crippen LogP contribution in [0.1, 0.15) is 29.7 Å². The van der Waals surface area contributed by atoms with Gasteiger partial charge in [0.25, 0.3) is 0 Å². The molecule has 1 aliphatic carbocycles. The second-order valence-corrected chi connectivity index (χ2v) is 6.34. The Bertz CT molecular complexity index is 529. The molecule has 2 aromatic rings. The molecule has 0 spiro atoms. The zero-order chi connectivity index (χ0) is 13.1. The van der Waals surface area contributed by atoms with Crippen molar-refractivity contribution in [2.45, 2.75) is 32.7 Å². The zero-order valence-corrected chi connectivity index (χ0v) is 12.2. The van der Waals surface area contributed by atoms with Gasteiger partial charge in [-0.05, 0) is 25.3 Å². The Morgan fingerprint density at radius 1 is 1.26 bits per heavy atom. The summed E-state index contributed by atoms with van der Waals surface area (Å²) in [6.07, 6.45) is 3.96. The lowest BCUT2D eigenvalue weighted by Crippen LogP contribution is -2.11. The molecular weight excluding hydrogens is 252 g/mol. The summed E-state index contributed by atoms with van der Waals surface area (Å²) in [5.74, 6) is 0.904. The van der Waals surface area contributed by atoms with Gasteiger partial charge < -0.3 is 5.32 Å². The van der Waals surface area contributed by atoms with Crippen molar-refractivity contribution in [1.82, 2.24) is 10.3 Å². The zero-order valence-electron chi connectivity index (χ0n) is 11.4. The molecule has 0 bridgehead atoms. The van der Waals surface area contributed by atoms with Crippen molar-refractivity contribution >= 4 is 11.3 Å². The first kappa shape index (κ1) is 12.8. The maximum atomic E-state index is 4.89. The number of thiazole rings is 1. The van der Waals surface area contributed by atoms with E-state index < -0.39 is 0 Å². The highest BCUT2D eigenvalue weighted by Crippen LogP contribution is 2.36. The molecule has 1 heterocycles. The molecule has 2 nitrogen and oxygen atoms in total. The largest absolute Gasteiger partial charge is 0.312 e. The third-order valence-corrected chi connectivity index (χ3v) is 4.56. The smallest absolute Gasteiger partial charge is 0.0938 e. The van der Waals surface area contributed by atoms with Gasteiger partial charge in [0, 0.05) is 23.4 Å². The van der Waals surface area contributed by atoms with Gasteiger partial charge in [-0.1, -0.05) is 37.3 Å². The lowest BCUT2D eigenvalue weighted by atomic mass is 10.1. The highest BCUT2D eigenvalue weighted by atomic mass is 32.1. The van der Waals surface area contributed by atoms with Crippen molar-refractivity contribution in [3.05, 3.63) is 40.2 Å². The summed E-state index contributed by atoms with van der Waals surface area (Å²) in [6.45, 7) is 4.08. The van der Waals surface area contributed by atoms with Crippen molar-refractivity contribution < 1.29 is 0 Å². The molecule has 0 saturated heterocycles. The van der Waals surface area contributed by atoms with Crippen LogP contribution in [0.4, 0.5) is 0 Å². The normalized spacial score (nSPS) is 14.8. The van der Waals surface area contributed by atoms with E-state index in [0.717, 1.165) is 19.0 Å². The van der Waals surface area contributed by atoms with E-state index in [4.69, 9.17) is 4.98 Å². The minimum Gasteiger partial charge on any atom is -0.312 e. The van der Waals surface area contributed by atoms with Gasteiger partial charge in [-0.3, -0.25) is 0 Å². The first-order chi connectivity index (χ1) is 9.36. The SMILES string of the molecule is CCNCc1sc(CC2CC2)nc1-c1ccccc1. The second-order valence-electron chi connectivity index (χ2n) is 5.17. The third-order valence-electron chi connectivity index (χ3n) is 3.48. The van der Waals surface area contributed by atoms with Crippen molar-refractivity contribution in [2.24, 2.45) is 5.92 Å². The molecule has 1 aromatic carbocycles. The molecule has 0 unspecified atom stereocenters. The molecule has 1 aromatic heterocycles. The molecule has 100 valence electrons. The Hall–Kier alpha value is -1.19. The van der Waals surface area contributed by atoms with Crippen LogP contribution >= 0.6 is 11.3 Å². The average Bonchev–Trinajstić information content (AvgIpc) is 3.16. The molecule has 1 fully saturated rings. The minimum atomic E-state index is 0.904. The van der Waals surface area contributed by atoms with Crippen LogP contribution < -0.4 is 5.32 Å². The lowest BCUT2D eigenvalue weighted by Gasteiger charge is -2.02. The molecule has 0 amide bonds. The third kappa shape index (κ3) is 3.23. The summed E-state index contributed by atoms with van der Waals surface area (Å²) in [5.41, 5.74) is 2.43. The number of rotatable bonds is 6. The van der Waals surface area contributed by atoms with E-state index in [0.29, 0.717) is 0 Å². The monoisotopic (exact) mass is 272 g/mol. The highest BCUT2D eigenvalue weighted by Gasteiger charge is 2.24. The quantitative estimate of drug-likeness (QED) is 0.863. The molecule has 3 rings (SSSR count). The number of benzene rings is 1. The van der Waals surface area contributed by atoms with Crippen LogP contribution in [0, 0.1) is 5.92 Å². The molecule has 0 radical (unpaired) electrons. The summed E-state index contributed by atoms with van der Waals surface area (Å²) in [5, 5.41) is 4.74. The van der Waals surface area contributed by atoms with Crippen LogP contribution in [-0.4, -0.2) is 11.5 Å². The standard InChI is InChI=1S/C16H20N2S/c1-2-17-11-14-16(13-6-4-3-5-7-13)18-15(19-14)10-12-8-9-12/h3-7,12,17H,2,8-11H2,1H3. The molecule has 1 aliphatic rings. The summed E-state index contributed by atoms with van der Waals surface area (Å²) in [4.78, 5) is 6.27. The van der Waals surface area contributed by atoms with Gasteiger partial charge in [0.15, 0.2) is 0 Å². The van der Waals surface area contributed by atoms with E-state index >= 15 is 0 Å². The average molecular weight is 272 g/mol. The fourth-order valence-electron chi connectivity index (χ4n) is 2.24. The molecule has 1 N–H and O–H groups in total. The molecule has 19 heavy (non-hydrogen) atoms. The molecule has 0 atom stereocenters. The number of aromatic nitrogens is 1. The van der Waals surface area contributed by atoms with E-state index in [-0.39, 0.29) is 0 Å². The first-order valence-electron chi connectivity index (χ1n) is 7.11. The van der Waals surface area contributed by atoms with Crippen molar-refractivity contribution in [1.29, 1.82) is 0 Å².